The molecule has 3 rings (SSSR count). The zero-order valence-electron chi connectivity index (χ0n) is 15.1. The third kappa shape index (κ3) is 4.23. The summed E-state index contributed by atoms with van der Waals surface area (Å²) in [7, 11) is -3.14. The molecule has 8 heteroatoms. The van der Waals surface area contributed by atoms with Gasteiger partial charge in [-0.3, -0.25) is 14.6 Å². The van der Waals surface area contributed by atoms with Crippen LogP contribution in [0.4, 0.5) is 0 Å². The van der Waals surface area contributed by atoms with E-state index in [0.717, 1.165) is 31.1 Å². The van der Waals surface area contributed by atoms with Gasteiger partial charge in [0.25, 0.3) is 0 Å². The van der Waals surface area contributed by atoms with Crippen LogP contribution in [0.5, 0.6) is 0 Å². The molecule has 2 aliphatic heterocycles. The Labute approximate surface area is 154 Å². The number of aromatic nitrogens is 1. The second-order valence-corrected chi connectivity index (χ2v) is 9.59. The van der Waals surface area contributed by atoms with Crippen LogP contribution >= 0.6 is 0 Å². The highest BCUT2D eigenvalue weighted by atomic mass is 32.2. The van der Waals surface area contributed by atoms with Crippen LogP contribution in [0, 0.1) is 0 Å². The average molecular weight is 379 g/mol. The fraction of sp³-hybridized carbons (Fsp3) is 0.611. The molecule has 0 aliphatic carbocycles. The lowest BCUT2D eigenvalue weighted by Crippen LogP contribution is -2.54. The van der Waals surface area contributed by atoms with Crippen molar-refractivity contribution in [2.45, 2.75) is 44.2 Å². The van der Waals surface area contributed by atoms with Gasteiger partial charge in [-0.1, -0.05) is 6.07 Å². The molecule has 1 aromatic rings. The summed E-state index contributed by atoms with van der Waals surface area (Å²) >= 11 is 0. The molecule has 0 N–H and O–H groups in total. The highest BCUT2D eigenvalue weighted by molar-refractivity contribution is 7.90. The van der Waals surface area contributed by atoms with Crippen molar-refractivity contribution in [1.82, 2.24) is 14.8 Å². The van der Waals surface area contributed by atoms with Gasteiger partial charge in [0.15, 0.2) is 0 Å². The highest BCUT2D eigenvalue weighted by Gasteiger charge is 2.47. The molecule has 1 spiro atoms. The number of sulfone groups is 1. The van der Waals surface area contributed by atoms with Crippen molar-refractivity contribution in [2.24, 2.45) is 0 Å². The van der Waals surface area contributed by atoms with Crippen LogP contribution in [0.2, 0.25) is 0 Å². The molecule has 0 aromatic carbocycles. The number of carbonyl (C=O) groups is 2. The molecule has 0 bridgehead atoms. The smallest absolute Gasteiger partial charge is 0.223 e. The van der Waals surface area contributed by atoms with Gasteiger partial charge in [-0.05, 0) is 30.9 Å². The number of piperidine rings is 1. The first-order chi connectivity index (χ1) is 12.3. The zero-order chi connectivity index (χ0) is 18.8. The minimum atomic E-state index is -3.14. The molecule has 0 radical (unpaired) electrons. The molecule has 0 unspecified atom stereocenters. The van der Waals surface area contributed by atoms with E-state index in [1.54, 1.807) is 17.3 Å². The summed E-state index contributed by atoms with van der Waals surface area (Å²) in [6, 6.07) is 3.84. The molecule has 26 heavy (non-hydrogen) atoms. The Kier molecular flexibility index (Phi) is 5.32. The maximum absolute atomic E-state index is 12.4. The second-order valence-electron chi connectivity index (χ2n) is 7.33. The van der Waals surface area contributed by atoms with E-state index < -0.39 is 9.84 Å². The molecule has 2 aliphatic rings. The molecule has 2 amide bonds. The second kappa shape index (κ2) is 7.34. The monoisotopic (exact) mass is 379 g/mol. The third-order valence-electron chi connectivity index (χ3n) is 5.47. The number of carbonyl (C=O) groups excluding carboxylic acids is 2. The van der Waals surface area contributed by atoms with Crippen molar-refractivity contribution in [2.75, 3.05) is 25.1 Å². The quantitative estimate of drug-likeness (QED) is 0.762. The molecule has 1 aromatic heterocycles. The van der Waals surface area contributed by atoms with E-state index in [1.807, 2.05) is 17.0 Å². The normalized spacial score (nSPS) is 20.0. The fourth-order valence-electron chi connectivity index (χ4n) is 3.93. The summed E-state index contributed by atoms with van der Waals surface area (Å²) in [5, 5.41) is 0. The Bertz CT molecular complexity index is 771. The summed E-state index contributed by atoms with van der Waals surface area (Å²) < 4.78 is 22.5. The Morgan fingerprint density at radius 1 is 1.27 bits per heavy atom. The Balaban J connectivity index is 1.63. The molecule has 142 valence electrons. The minimum Gasteiger partial charge on any atom is -0.342 e. The molecule has 3 heterocycles. The van der Waals surface area contributed by atoms with E-state index in [2.05, 4.69) is 4.98 Å². The van der Waals surface area contributed by atoms with Crippen molar-refractivity contribution in [3.05, 3.63) is 30.1 Å². The number of rotatable bonds is 5. The zero-order valence-corrected chi connectivity index (χ0v) is 15.9. The first-order valence-corrected chi connectivity index (χ1v) is 11.0. The molecular weight excluding hydrogens is 354 g/mol. The summed E-state index contributed by atoms with van der Waals surface area (Å²) in [5.41, 5.74) is 0.814. The van der Waals surface area contributed by atoms with Crippen LogP contribution in [0.15, 0.2) is 24.5 Å². The van der Waals surface area contributed by atoms with Crippen molar-refractivity contribution in [3.8, 4) is 0 Å². The first-order valence-electron chi connectivity index (χ1n) is 8.94. The maximum Gasteiger partial charge on any atom is 0.223 e. The van der Waals surface area contributed by atoms with Gasteiger partial charge in [-0.2, -0.15) is 0 Å². The Hall–Kier alpha value is -1.96. The van der Waals surface area contributed by atoms with E-state index in [-0.39, 0.29) is 29.5 Å². The van der Waals surface area contributed by atoms with Gasteiger partial charge in [-0.15, -0.1) is 0 Å². The van der Waals surface area contributed by atoms with Crippen LogP contribution in [0.3, 0.4) is 0 Å². The third-order valence-corrected chi connectivity index (χ3v) is 6.42. The molecule has 0 atom stereocenters. The average Bonchev–Trinajstić information content (AvgIpc) is 2.90. The molecule has 0 saturated carbocycles. The van der Waals surface area contributed by atoms with Gasteiger partial charge < -0.3 is 9.80 Å². The van der Waals surface area contributed by atoms with Crippen LogP contribution in [-0.2, 0) is 26.0 Å². The summed E-state index contributed by atoms with van der Waals surface area (Å²) in [6.45, 7) is 1.69. The summed E-state index contributed by atoms with van der Waals surface area (Å²) in [6.07, 6.45) is 7.51. The van der Waals surface area contributed by atoms with Crippen molar-refractivity contribution >= 4 is 21.7 Å². The van der Waals surface area contributed by atoms with Gasteiger partial charge in [0.05, 0.1) is 5.75 Å². The lowest BCUT2D eigenvalue weighted by atomic mass is 9.84. The topological polar surface area (TPSA) is 87.7 Å². The van der Waals surface area contributed by atoms with Gasteiger partial charge in [0.2, 0.25) is 11.8 Å². The number of amides is 2. The van der Waals surface area contributed by atoms with E-state index in [4.69, 9.17) is 0 Å². The van der Waals surface area contributed by atoms with Gasteiger partial charge in [-0.25, -0.2) is 8.42 Å². The van der Waals surface area contributed by atoms with Crippen LogP contribution in [0.25, 0.3) is 0 Å². The molecular formula is C18H25N3O4S. The first kappa shape index (κ1) is 18.8. The lowest BCUT2D eigenvalue weighted by molar-refractivity contribution is -0.136. The minimum absolute atomic E-state index is 0.0319. The summed E-state index contributed by atoms with van der Waals surface area (Å²) in [5.74, 6) is -0.0712. The van der Waals surface area contributed by atoms with E-state index >= 15 is 0 Å². The number of hydrogen-bond acceptors (Lipinski definition) is 5. The fourth-order valence-corrected chi connectivity index (χ4v) is 4.47. The van der Waals surface area contributed by atoms with E-state index in [0.29, 0.717) is 26.1 Å². The Morgan fingerprint density at radius 2 is 2.00 bits per heavy atom. The number of likely N-dealkylation sites (tertiary alicyclic amines) is 2. The van der Waals surface area contributed by atoms with E-state index in [9.17, 15) is 18.0 Å². The van der Waals surface area contributed by atoms with Gasteiger partial charge in [0.1, 0.15) is 9.84 Å². The number of hydrogen-bond donors (Lipinski definition) is 0. The predicted molar refractivity (Wildman–Crippen MR) is 96.9 cm³/mol. The molecule has 7 nitrogen and oxygen atoms in total. The SMILES string of the molecule is CS(=O)(=O)CCC(=O)N1CCC2(CCC(=O)N2Cc2cccnc2)CC1. The van der Waals surface area contributed by atoms with Gasteiger partial charge >= 0.3 is 0 Å². The van der Waals surface area contributed by atoms with Crippen LogP contribution in [-0.4, -0.2) is 65.7 Å². The van der Waals surface area contributed by atoms with Crippen LogP contribution < -0.4 is 0 Å². The van der Waals surface area contributed by atoms with Crippen molar-refractivity contribution < 1.29 is 18.0 Å². The Morgan fingerprint density at radius 3 is 2.62 bits per heavy atom. The van der Waals surface area contributed by atoms with Crippen molar-refractivity contribution in [3.63, 3.8) is 0 Å². The lowest BCUT2D eigenvalue weighted by Gasteiger charge is -2.45. The molecule has 2 fully saturated rings. The maximum atomic E-state index is 12.4. The van der Waals surface area contributed by atoms with Crippen LogP contribution in [0.1, 0.15) is 37.7 Å². The molecule has 2 saturated heterocycles. The largest absolute Gasteiger partial charge is 0.342 e. The van der Waals surface area contributed by atoms with Gasteiger partial charge in [0, 0.05) is 56.7 Å². The number of nitrogens with zero attached hydrogens (tertiary/aromatic N) is 3. The van der Waals surface area contributed by atoms with Crippen molar-refractivity contribution in [1.29, 1.82) is 0 Å². The predicted octanol–water partition coefficient (Wildman–Crippen LogP) is 1.000. The van der Waals surface area contributed by atoms with E-state index in [1.165, 1.54) is 0 Å². The number of pyridine rings is 1. The highest BCUT2D eigenvalue weighted by Crippen LogP contribution is 2.40. The summed E-state index contributed by atoms with van der Waals surface area (Å²) in [4.78, 5) is 32.5. The standard InChI is InChI=1S/C18H25N3O4S/c1-26(24,25)12-5-16(22)20-10-7-18(8-11-20)6-4-17(23)21(18)14-15-3-2-9-19-13-15/h2-3,9,13H,4-8,10-12,14H2,1H3.